The van der Waals surface area contributed by atoms with Gasteiger partial charge >= 0.3 is 5.97 Å². The number of benzene rings is 1. The van der Waals surface area contributed by atoms with Crippen LogP contribution in [0.15, 0.2) is 28.7 Å². The molecule has 1 fully saturated rings. The molecular weight excluding hydrogens is 286 g/mol. The van der Waals surface area contributed by atoms with Crippen LogP contribution in [0.4, 0.5) is 0 Å². The number of rotatable bonds is 3. The van der Waals surface area contributed by atoms with Crippen LogP contribution in [0.2, 0.25) is 0 Å². The van der Waals surface area contributed by atoms with E-state index in [1.54, 1.807) is 0 Å². The Balaban J connectivity index is 1.85. The van der Waals surface area contributed by atoms with Crippen LogP contribution in [0.1, 0.15) is 5.56 Å². The summed E-state index contributed by atoms with van der Waals surface area (Å²) in [5.74, 6) is -0.263. The van der Waals surface area contributed by atoms with Gasteiger partial charge < -0.3 is 14.8 Å². The van der Waals surface area contributed by atoms with Crippen molar-refractivity contribution in [2.75, 3.05) is 19.8 Å². The maximum atomic E-state index is 11.7. The standard InChI is InChI=1S/C12H14BrNO3/c13-10-4-2-1-3-9(10)7-17-12(15)11-8-16-6-5-14-11/h1-4,11,14H,5-8H2. The first kappa shape index (κ1) is 12.5. The highest BCUT2D eigenvalue weighted by atomic mass is 79.9. The van der Waals surface area contributed by atoms with E-state index in [0.29, 0.717) is 19.8 Å². The van der Waals surface area contributed by atoms with E-state index >= 15 is 0 Å². The average Bonchev–Trinajstić information content (AvgIpc) is 2.38. The quantitative estimate of drug-likeness (QED) is 0.859. The van der Waals surface area contributed by atoms with Crippen LogP contribution in [0.3, 0.4) is 0 Å². The topological polar surface area (TPSA) is 47.6 Å². The molecule has 0 radical (unpaired) electrons. The SMILES string of the molecule is O=C(OCc1ccccc1Br)C1COCCN1. The average molecular weight is 300 g/mol. The minimum atomic E-state index is -0.341. The molecule has 0 saturated carbocycles. The first-order chi connectivity index (χ1) is 8.27. The van der Waals surface area contributed by atoms with Crippen molar-refractivity contribution in [3.8, 4) is 0 Å². The molecule has 0 bridgehead atoms. The van der Waals surface area contributed by atoms with Crippen molar-refractivity contribution in [3.05, 3.63) is 34.3 Å². The van der Waals surface area contributed by atoms with Gasteiger partial charge in [0.15, 0.2) is 0 Å². The molecule has 92 valence electrons. The summed E-state index contributed by atoms with van der Waals surface area (Å²) in [4.78, 5) is 11.7. The Morgan fingerprint density at radius 2 is 2.35 bits per heavy atom. The summed E-state index contributed by atoms with van der Waals surface area (Å²) >= 11 is 3.41. The predicted octanol–water partition coefficient (Wildman–Crippen LogP) is 1.48. The molecule has 1 atom stereocenters. The van der Waals surface area contributed by atoms with Crippen LogP contribution in [0.25, 0.3) is 0 Å². The molecule has 5 heteroatoms. The van der Waals surface area contributed by atoms with E-state index < -0.39 is 0 Å². The maximum Gasteiger partial charge on any atom is 0.325 e. The summed E-state index contributed by atoms with van der Waals surface area (Å²) in [6.07, 6.45) is 0. The molecule has 0 aromatic heterocycles. The minimum Gasteiger partial charge on any atom is -0.460 e. The van der Waals surface area contributed by atoms with E-state index in [-0.39, 0.29) is 18.6 Å². The molecule has 0 aliphatic carbocycles. The number of hydrogen-bond acceptors (Lipinski definition) is 4. The van der Waals surface area contributed by atoms with Crippen LogP contribution in [-0.4, -0.2) is 31.8 Å². The lowest BCUT2D eigenvalue weighted by Gasteiger charge is -2.22. The monoisotopic (exact) mass is 299 g/mol. The highest BCUT2D eigenvalue weighted by molar-refractivity contribution is 9.10. The van der Waals surface area contributed by atoms with Crippen molar-refractivity contribution >= 4 is 21.9 Å². The van der Waals surface area contributed by atoms with E-state index in [1.165, 1.54) is 0 Å². The number of halogens is 1. The number of esters is 1. The van der Waals surface area contributed by atoms with Crippen molar-refractivity contribution in [1.82, 2.24) is 5.32 Å². The lowest BCUT2D eigenvalue weighted by Crippen LogP contribution is -2.47. The van der Waals surface area contributed by atoms with Crippen LogP contribution in [-0.2, 0) is 20.9 Å². The third kappa shape index (κ3) is 3.52. The van der Waals surface area contributed by atoms with E-state index in [2.05, 4.69) is 21.2 Å². The van der Waals surface area contributed by atoms with Gasteiger partial charge in [-0.15, -0.1) is 0 Å². The first-order valence-electron chi connectivity index (χ1n) is 5.48. The molecule has 1 saturated heterocycles. The van der Waals surface area contributed by atoms with Gasteiger partial charge in [-0.05, 0) is 6.07 Å². The van der Waals surface area contributed by atoms with Crippen LogP contribution in [0, 0.1) is 0 Å². The zero-order chi connectivity index (χ0) is 12.1. The van der Waals surface area contributed by atoms with Gasteiger partial charge in [0, 0.05) is 16.6 Å². The molecule has 1 aliphatic rings. The molecule has 1 aliphatic heterocycles. The lowest BCUT2D eigenvalue weighted by molar-refractivity contribution is -0.150. The maximum absolute atomic E-state index is 11.7. The van der Waals surface area contributed by atoms with E-state index in [1.807, 2.05) is 24.3 Å². The Labute approximate surface area is 108 Å². The van der Waals surface area contributed by atoms with Gasteiger partial charge in [-0.3, -0.25) is 4.79 Å². The number of morpholine rings is 1. The fourth-order valence-corrected chi connectivity index (χ4v) is 1.98. The van der Waals surface area contributed by atoms with Crippen molar-refractivity contribution in [2.24, 2.45) is 0 Å². The predicted molar refractivity (Wildman–Crippen MR) is 66.5 cm³/mol. The van der Waals surface area contributed by atoms with Crippen molar-refractivity contribution in [2.45, 2.75) is 12.6 Å². The number of carbonyl (C=O) groups excluding carboxylic acids is 1. The summed E-state index contributed by atoms with van der Waals surface area (Å²) in [5.41, 5.74) is 0.956. The molecule has 1 N–H and O–H groups in total. The Morgan fingerprint density at radius 1 is 1.53 bits per heavy atom. The Kier molecular flexibility index (Phi) is 4.53. The lowest BCUT2D eigenvalue weighted by atomic mass is 10.2. The number of nitrogens with one attached hydrogen (secondary N) is 1. The van der Waals surface area contributed by atoms with Crippen molar-refractivity contribution in [1.29, 1.82) is 0 Å². The van der Waals surface area contributed by atoms with Gasteiger partial charge in [0.25, 0.3) is 0 Å². The van der Waals surface area contributed by atoms with Gasteiger partial charge in [-0.25, -0.2) is 0 Å². The Hall–Kier alpha value is -0.910. The van der Waals surface area contributed by atoms with E-state index in [9.17, 15) is 4.79 Å². The van der Waals surface area contributed by atoms with E-state index in [4.69, 9.17) is 9.47 Å². The van der Waals surface area contributed by atoms with Gasteiger partial charge in [-0.2, -0.15) is 0 Å². The normalized spacial score (nSPS) is 19.9. The highest BCUT2D eigenvalue weighted by Gasteiger charge is 2.22. The van der Waals surface area contributed by atoms with Gasteiger partial charge in [-0.1, -0.05) is 34.1 Å². The molecular formula is C12H14BrNO3. The van der Waals surface area contributed by atoms with Crippen LogP contribution >= 0.6 is 15.9 Å². The van der Waals surface area contributed by atoms with Crippen molar-refractivity contribution in [3.63, 3.8) is 0 Å². The second-order valence-corrected chi connectivity index (χ2v) is 4.64. The molecule has 1 aromatic carbocycles. The smallest absolute Gasteiger partial charge is 0.325 e. The Bertz CT molecular complexity index is 391. The molecule has 0 spiro atoms. The molecule has 2 rings (SSSR count). The first-order valence-corrected chi connectivity index (χ1v) is 6.28. The van der Waals surface area contributed by atoms with Gasteiger partial charge in [0.05, 0.1) is 13.2 Å². The number of ether oxygens (including phenoxy) is 2. The third-order valence-electron chi connectivity index (χ3n) is 2.53. The summed E-state index contributed by atoms with van der Waals surface area (Å²) in [6.45, 7) is 2.00. The Morgan fingerprint density at radius 3 is 3.06 bits per heavy atom. The van der Waals surface area contributed by atoms with Crippen LogP contribution < -0.4 is 5.32 Å². The zero-order valence-electron chi connectivity index (χ0n) is 9.32. The fraction of sp³-hybridized carbons (Fsp3) is 0.417. The number of carbonyl (C=O) groups is 1. The summed E-state index contributed by atoms with van der Waals surface area (Å²) in [5, 5.41) is 3.06. The molecule has 17 heavy (non-hydrogen) atoms. The van der Waals surface area contributed by atoms with Crippen LogP contribution in [0.5, 0.6) is 0 Å². The van der Waals surface area contributed by atoms with Gasteiger partial charge in [0.1, 0.15) is 12.6 Å². The summed E-state index contributed by atoms with van der Waals surface area (Å²) < 4.78 is 11.4. The third-order valence-corrected chi connectivity index (χ3v) is 3.31. The largest absolute Gasteiger partial charge is 0.460 e. The van der Waals surface area contributed by atoms with E-state index in [0.717, 1.165) is 10.0 Å². The molecule has 0 amide bonds. The second kappa shape index (κ2) is 6.14. The highest BCUT2D eigenvalue weighted by Crippen LogP contribution is 2.16. The molecule has 1 unspecified atom stereocenters. The van der Waals surface area contributed by atoms with Gasteiger partial charge in [0.2, 0.25) is 0 Å². The second-order valence-electron chi connectivity index (χ2n) is 3.78. The summed E-state index contributed by atoms with van der Waals surface area (Å²) in [7, 11) is 0. The van der Waals surface area contributed by atoms with Crippen molar-refractivity contribution < 1.29 is 14.3 Å². The zero-order valence-corrected chi connectivity index (χ0v) is 10.9. The fourth-order valence-electron chi connectivity index (χ4n) is 1.58. The minimum absolute atomic E-state index is 0.263. The number of hydrogen-bond donors (Lipinski definition) is 1. The summed E-state index contributed by atoms with van der Waals surface area (Å²) in [6, 6.07) is 7.33. The molecule has 1 heterocycles. The molecule has 4 nitrogen and oxygen atoms in total. The molecule has 1 aromatic rings.